The van der Waals surface area contributed by atoms with E-state index < -0.39 is 0 Å². The lowest BCUT2D eigenvalue weighted by atomic mass is 10.5. The zero-order chi connectivity index (χ0) is 12.2. The van der Waals surface area contributed by atoms with Crippen molar-refractivity contribution in [3.63, 3.8) is 0 Å². The average Bonchev–Trinajstić information content (AvgIpc) is 2.13. The van der Waals surface area contributed by atoms with E-state index in [1.165, 1.54) is 0 Å². The molecule has 0 aromatic carbocycles. The summed E-state index contributed by atoms with van der Waals surface area (Å²) < 4.78 is 20.5. The van der Waals surface area contributed by atoms with E-state index in [-0.39, 0.29) is 7.66 Å². The summed E-state index contributed by atoms with van der Waals surface area (Å²) in [4.78, 5) is 0. The van der Waals surface area contributed by atoms with Crippen LogP contribution in [0.2, 0.25) is 0 Å². The Bertz CT molecular complexity index is 140. The van der Waals surface area contributed by atoms with Crippen LogP contribution in [0.4, 0.5) is 0 Å². The highest BCUT2D eigenvalue weighted by Crippen LogP contribution is 2.17. The number of rotatable bonds is 7. The van der Waals surface area contributed by atoms with Crippen LogP contribution in [0.1, 0.15) is 13.8 Å². The molecule has 0 radical (unpaired) electrons. The lowest BCUT2D eigenvalue weighted by Crippen LogP contribution is -2.37. The first-order valence-corrected chi connectivity index (χ1v) is 7.13. The number of hydrogen-bond acceptors (Lipinski definition) is 4. The third kappa shape index (κ3) is 25.0. The minimum atomic E-state index is -0.0109. The molecule has 15 heavy (non-hydrogen) atoms. The maximum atomic E-state index is 9.86. The van der Waals surface area contributed by atoms with E-state index in [9.17, 15) is 4.57 Å². The summed E-state index contributed by atoms with van der Waals surface area (Å²) in [7, 11) is 6.25. The zero-order valence-electron chi connectivity index (χ0n) is 10.4. The summed E-state index contributed by atoms with van der Waals surface area (Å²) >= 11 is 0.955. The van der Waals surface area contributed by atoms with Crippen molar-refractivity contribution in [3.05, 3.63) is 0 Å². The van der Waals surface area contributed by atoms with Crippen LogP contribution in [0.3, 0.4) is 0 Å². The first-order chi connectivity index (χ1) is 6.97. The van der Waals surface area contributed by atoms with Crippen LogP contribution in [0.25, 0.3) is 0 Å². The molecule has 0 amide bonds. The molecule has 4 nitrogen and oxygen atoms in total. The molecule has 0 unspecified atom stereocenters. The first-order valence-electron chi connectivity index (χ1n) is 4.97. The van der Waals surface area contributed by atoms with E-state index >= 15 is 0 Å². The molecule has 0 aliphatic carbocycles. The number of hydrogen-bond donors (Lipinski definition) is 0. The molecule has 92 valence electrons. The number of nitrogens with zero attached hydrogens (tertiary/aromatic N) is 1. The fourth-order valence-electron chi connectivity index (χ4n) is 0.574. The van der Waals surface area contributed by atoms with Crippen molar-refractivity contribution < 1.29 is 18.0 Å². The van der Waals surface area contributed by atoms with E-state index in [1.54, 1.807) is 0 Å². The van der Waals surface area contributed by atoms with Gasteiger partial charge in [0.05, 0.1) is 32.8 Å². The largest absolute Gasteiger partial charge is 0.382 e. The Balaban J connectivity index is 0. The zero-order valence-corrected chi connectivity index (χ0v) is 12.1. The van der Waals surface area contributed by atoms with Gasteiger partial charge in [-0.05, 0) is 13.8 Å². The summed E-state index contributed by atoms with van der Waals surface area (Å²) in [6, 6.07) is 0. The van der Waals surface area contributed by atoms with Gasteiger partial charge in [-0.1, -0.05) is 0 Å². The van der Waals surface area contributed by atoms with Crippen molar-refractivity contribution in [2.75, 3.05) is 47.5 Å². The summed E-state index contributed by atoms with van der Waals surface area (Å²) in [5.74, 6) is 0. The molecule has 6 heteroatoms. The molecule has 0 N–H and O–H groups in total. The predicted octanol–water partition coefficient (Wildman–Crippen LogP) is 2.61. The fourth-order valence-corrected chi connectivity index (χ4v) is 1.12. The van der Waals surface area contributed by atoms with E-state index in [1.807, 2.05) is 13.8 Å². The summed E-state index contributed by atoms with van der Waals surface area (Å²) in [5.41, 5.74) is 0. The van der Waals surface area contributed by atoms with Gasteiger partial charge in [0.1, 0.15) is 13.2 Å². The molecule has 0 bridgehead atoms. The molecule has 0 aliphatic heterocycles. The molecule has 0 aliphatic rings. The Kier molecular flexibility index (Phi) is 14.6. The maximum Gasteiger partial charge on any atom is 0.256 e. The van der Waals surface area contributed by atoms with Gasteiger partial charge in [0.15, 0.2) is 0 Å². The van der Waals surface area contributed by atoms with Crippen molar-refractivity contribution in [1.29, 1.82) is 0 Å². The molecule has 0 aromatic heterocycles. The Morgan fingerprint density at radius 2 is 1.73 bits per heavy atom. The molecule has 0 rings (SSSR count). The highest BCUT2D eigenvalue weighted by Gasteiger charge is 2.05. The molecular formula is C9H23NO3PS+. The highest BCUT2D eigenvalue weighted by atomic mass is 32.7. The van der Waals surface area contributed by atoms with Gasteiger partial charge < -0.3 is 9.22 Å². The quantitative estimate of drug-likeness (QED) is 0.303. The first kappa shape index (κ1) is 17.7. The second-order valence-corrected chi connectivity index (χ2v) is 5.19. The van der Waals surface area contributed by atoms with Gasteiger partial charge in [0, 0.05) is 13.2 Å². The predicted molar refractivity (Wildman–Crippen MR) is 66.2 cm³/mol. The van der Waals surface area contributed by atoms with E-state index in [0.29, 0.717) is 6.61 Å². The Morgan fingerprint density at radius 3 is 2.00 bits per heavy atom. The van der Waals surface area contributed by atoms with Crippen LogP contribution >= 0.6 is 19.3 Å². The molecule has 0 saturated heterocycles. The molecule has 0 aromatic rings. The van der Waals surface area contributed by atoms with Crippen LogP contribution in [-0.4, -0.2) is 52.0 Å². The average molecular weight is 256 g/mol. The molecule has 0 fully saturated rings. The van der Waals surface area contributed by atoms with Gasteiger partial charge >= 0.3 is 0 Å². The summed E-state index contributed by atoms with van der Waals surface area (Å²) in [6.07, 6.45) is 0. The number of likely N-dealkylation sites (N-methyl/N-ethyl adjacent to an activating group) is 1. The van der Waals surface area contributed by atoms with Crippen molar-refractivity contribution >= 4 is 19.3 Å². The standard InChI is InChI=1S/C5H13NO2PS.C4H10O/c1-6(2,3)4-5-8-10-9-7;1-3-5-4-2/h4-5H2,1-3H3;3-4H2,1-2H3/q+1;. The molecule has 0 heterocycles. The van der Waals surface area contributed by atoms with Crippen LogP contribution in [0, 0.1) is 0 Å². The second-order valence-electron chi connectivity index (χ2n) is 3.77. The van der Waals surface area contributed by atoms with Gasteiger partial charge in [-0.15, -0.1) is 0 Å². The lowest BCUT2D eigenvalue weighted by Gasteiger charge is -2.22. The molecule has 0 atom stereocenters. The topological polar surface area (TPSA) is 35.5 Å². The summed E-state index contributed by atoms with van der Waals surface area (Å²) in [5, 5.41) is 0. The Labute approximate surface area is 99.1 Å². The van der Waals surface area contributed by atoms with Crippen LogP contribution in [-0.2, 0) is 13.5 Å². The third-order valence-electron chi connectivity index (χ3n) is 1.34. The third-order valence-corrected chi connectivity index (χ3v) is 2.17. The van der Waals surface area contributed by atoms with E-state index in [0.717, 1.165) is 35.9 Å². The maximum absolute atomic E-state index is 9.86. The normalized spacial score (nSPS) is 11.0. The van der Waals surface area contributed by atoms with Gasteiger partial charge in [0.25, 0.3) is 7.66 Å². The van der Waals surface area contributed by atoms with Crippen molar-refractivity contribution in [1.82, 2.24) is 0 Å². The minimum absolute atomic E-state index is 0.0109. The minimum Gasteiger partial charge on any atom is -0.382 e. The summed E-state index contributed by atoms with van der Waals surface area (Å²) in [6.45, 7) is 7.24. The van der Waals surface area contributed by atoms with Crippen LogP contribution in [0.5, 0.6) is 0 Å². The van der Waals surface area contributed by atoms with Gasteiger partial charge in [-0.3, -0.25) is 8.75 Å². The van der Waals surface area contributed by atoms with Crippen LogP contribution in [0.15, 0.2) is 0 Å². The fraction of sp³-hybridized carbons (Fsp3) is 1.00. The van der Waals surface area contributed by atoms with E-state index in [2.05, 4.69) is 21.1 Å². The van der Waals surface area contributed by atoms with Crippen molar-refractivity contribution in [2.45, 2.75) is 13.8 Å². The number of ether oxygens (including phenoxy) is 1. The SMILES string of the molecule is CCOCC.C[N+](C)(C)CCOSP=O. The van der Waals surface area contributed by atoms with E-state index in [4.69, 9.17) is 8.92 Å². The monoisotopic (exact) mass is 256 g/mol. The Hall–Kier alpha value is 0.330. The number of quaternary nitrogens is 1. The molecule has 0 spiro atoms. The Morgan fingerprint density at radius 1 is 1.20 bits per heavy atom. The van der Waals surface area contributed by atoms with Gasteiger partial charge in [-0.25, -0.2) is 0 Å². The second kappa shape index (κ2) is 12.4. The molecule has 0 saturated carbocycles. The van der Waals surface area contributed by atoms with Crippen LogP contribution < -0.4 is 0 Å². The van der Waals surface area contributed by atoms with Crippen molar-refractivity contribution in [2.24, 2.45) is 0 Å². The smallest absolute Gasteiger partial charge is 0.256 e. The molecular weight excluding hydrogens is 233 g/mol. The van der Waals surface area contributed by atoms with Gasteiger partial charge in [0.2, 0.25) is 0 Å². The lowest BCUT2D eigenvalue weighted by molar-refractivity contribution is -0.870. The van der Waals surface area contributed by atoms with Crippen molar-refractivity contribution in [3.8, 4) is 0 Å². The highest BCUT2D eigenvalue weighted by molar-refractivity contribution is 8.43. The van der Waals surface area contributed by atoms with Gasteiger partial charge in [-0.2, -0.15) is 0 Å².